The molecule has 0 saturated carbocycles. The minimum Gasteiger partial charge on any atom is -1.00 e. The van der Waals surface area contributed by atoms with Crippen LogP contribution in [-0.4, -0.2) is 28.5 Å². The largest absolute Gasteiger partial charge is 1.00 e. The van der Waals surface area contributed by atoms with Crippen molar-refractivity contribution in [2.75, 3.05) is 0 Å². The summed E-state index contributed by atoms with van der Waals surface area (Å²) in [5.74, 6) is 0. The average Bonchev–Trinajstić information content (AvgIpc) is 2.77. The van der Waals surface area contributed by atoms with Gasteiger partial charge in [0.05, 0.1) is 0 Å². The third-order valence-corrected chi connectivity index (χ3v) is 5.20. The standard InChI is InChI=1S/C24H20B.BH3O3.Na.H/c1-5-13-21(14-6-1)25(22-15-7-2-8-16-22,23-17-9-3-10-18-23)24-19-11-4-12-20-24;2-1(3)4;;/h1-20H;2-4H;;/q-1;;+1;-1. The molecule has 0 spiro atoms. The first-order chi connectivity index (χ1) is 14.2. The molecule has 4 aromatic rings. The normalized spacial score (nSPS) is 10.2. The van der Waals surface area contributed by atoms with Crippen LogP contribution in [0.2, 0.25) is 0 Å². The molecule has 3 N–H and O–H groups in total. The Morgan fingerprint density at radius 2 is 0.600 bits per heavy atom. The molecule has 0 unspecified atom stereocenters. The van der Waals surface area contributed by atoms with Crippen molar-refractivity contribution in [1.82, 2.24) is 0 Å². The molecule has 146 valence electrons. The van der Waals surface area contributed by atoms with E-state index in [0.717, 1.165) is 0 Å². The van der Waals surface area contributed by atoms with Crippen LogP contribution >= 0.6 is 0 Å². The van der Waals surface area contributed by atoms with Crippen LogP contribution in [-0.2, 0) is 0 Å². The Hall–Kier alpha value is -2.11. The van der Waals surface area contributed by atoms with Crippen LogP contribution in [0.5, 0.6) is 0 Å². The van der Waals surface area contributed by atoms with Gasteiger partial charge in [-0.05, 0) is 0 Å². The van der Waals surface area contributed by atoms with E-state index in [1.807, 2.05) is 0 Å². The van der Waals surface area contributed by atoms with Crippen molar-refractivity contribution in [2.24, 2.45) is 0 Å². The molecule has 6 heteroatoms. The predicted octanol–water partition coefficient (Wildman–Crippen LogP) is -1.87. The van der Waals surface area contributed by atoms with E-state index in [1.54, 1.807) is 0 Å². The van der Waals surface area contributed by atoms with Crippen molar-refractivity contribution in [3.63, 3.8) is 0 Å². The van der Waals surface area contributed by atoms with Crippen LogP contribution in [0, 0.1) is 0 Å². The topological polar surface area (TPSA) is 60.7 Å². The molecule has 4 aromatic carbocycles. The minimum absolute atomic E-state index is 0. The van der Waals surface area contributed by atoms with Gasteiger partial charge in [-0.25, -0.2) is 0 Å². The molecule has 0 heterocycles. The van der Waals surface area contributed by atoms with Crippen molar-refractivity contribution in [3.05, 3.63) is 121 Å². The molecule has 0 fully saturated rings. The molecule has 0 aromatic heterocycles. The fraction of sp³-hybridized carbons (Fsp3) is 0. The van der Waals surface area contributed by atoms with Crippen LogP contribution in [0.25, 0.3) is 0 Å². The Kier molecular flexibility index (Phi) is 9.60. The second-order valence-electron chi connectivity index (χ2n) is 6.86. The maximum Gasteiger partial charge on any atom is 1.00 e. The maximum absolute atomic E-state index is 7.17. The molecule has 3 nitrogen and oxygen atoms in total. The summed E-state index contributed by atoms with van der Waals surface area (Å²) in [4.78, 5) is 0. The third-order valence-electron chi connectivity index (χ3n) is 5.20. The number of benzene rings is 4. The maximum atomic E-state index is 7.17. The molecule has 0 atom stereocenters. The smallest absolute Gasteiger partial charge is 1.00 e. The molecule has 0 radical (unpaired) electrons. The Labute approximate surface area is 201 Å². The molecule has 0 saturated heterocycles. The van der Waals surface area contributed by atoms with Crippen LogP contribution in [0.4, 0.5) is 0 Å². The Morgan fingerprint density at radius 3 is 0.767 bits per heavy atom. The van der Waals surface area contributed by atoms with Gasteiger partial charge in [0.25, 0.3) is 0 Å². The van der Waals surface area contributed by atoms with E-state index in [0.29, 0.717) is 0 Å². The predicted molar refractivity (Wildman–Crippen MR) is 124 cm³/mol. The fourth-order valence-electron chi connectivity index (χ4n) is 4.12. The van der Waals surface area contributed by atoms with Gasteiger partial charge in [-0.2, -0.15) is 21.9 Å². The van der Waals surface area contributed by atoms with E-state index in [-0.39, 0.29) is 31.0 Å². The van der Waals surface area contributed by atoms with E-state index >= 15 is 0 Å². The molecular formula is C24H24B2NaO3-. The van der Waals surface area contributed by atoms with E-state index in [9.17, 15) is 0 Å². The first-order valence-electron chi connectivity index (χ1n) is 9.57. The molecule has 0 amide bonds. The molecule has 0 aliphatic carbocycles. The molecular weight excluding hydrogens is 381 g/mol. The van der Waals surface area contributed by atoms with Gasteiger partial charge in [0, 0.05) is 0 Å². The van der Waals surface area contributed by atoms with Gasteiger partial charge in [-0.3, -0.25) is 0 Å². The van der Waals surface area contributed by atoms with Gasteiger partial charge < -0.3 is 16.5 Å². The Balaban J connectivity index is 0.000000741. The van der Waals surface area contributed by atoms with Gasteiger partial charge in [0.15, 0.2) is 0 Å². The van der Waals surface area contributed by atoms with Gasteiger partial charge >= 0.3 is 36.9 Å². The molecule has 0 bridgehead atoms. The SMILES string of the molecule is OB(O)O.[H-].[Na+].c1ccc([B-](c2ccccc2)(c2ccccc2)c2ccccc2)cc1. The molecule has 30 heavy (non-hydrogen) atoms. The minimum atomic E-state index is -2.17. The van der Waals surface area contributed by atoms with E-state index in [1.165, 1.54) is 21.9 Å². The number of rotatable bonds is 4. The second kappa shape index (κ2) is 11.9. The van der Waals surface area contributed by atoms with Gasteiger partial charge in [0.2, 0.25) is 0 Å². The summed E-state index contributed by atoms with van der Waals surface area (Å²) in [6, 6.07) is 43.5. The quantitative estimate of drug-likeness (QED) is 0.349. The zero-order valence-electron chi connectivity index (χ0n) is 18.0. The van der Waals surface area contributed by atoms with Crippen LogP contribution in [0.15, 0.2) is 121 Å². The van der Waals surface area contributed by atoms with E-state index in [2.05, 4.69) is 121 Å². The Morgan fingerprint density at radius 1 is 0.433 bits per heavy atom. The van der Waals surface area contributed by atoms with Crippen molar-refractivity contribution in [1.29, 1.82) is 0 Å². The summed E-state index contributed by atoms with van der Waals surface area (Å²) >= 11 is 0. The molecule has 0 aliphatic heterocycles. The summed E-state index contributed by atoms with van der Waals surface area (Å²) in [6.45, 7) is 0. The van der Waals surface area contributed by atoms with Crippen LogP contribution < -0.4 is 51.4 Å². The monoisotopic (exact) mass is 405 g/mol. The number of hydrogen-bond acceptors (Lipinski definition) is 3. The summed E-state index contributed by atoms with van der Waals surface area (Å²) in [7, 11) is -2.17. The summed E-state index contributed by atoms with van der Waals surface area (Å²) in [5, 5.41) is 21.5. The van der Waals surface area contributed by atoms with Gasteiger partial charge in [-0.15, -0.1) is 0 Å². The molecule has 4 rings (SSSR count). The first-order valence-corrected chi connectivity index (χ1v) is 9.57. The van der Waals surface area contributed by atoms with Gasteiger partial charge in [0.1, 0.15) is 6.15 Å². The van der Waals surface area contributed by atoms with Crippen molar-refractivity contribution in [2.45, 2.75) is 0 Å². The van der Waals surface area contributed by atoms with Gasteiger partial charge in [-0.1, -0.05) is 121 Å². The first kappa shape index (κ1) is 24.2. The fourth-order valence-corrected chi connectivity index (χ4v) is 4.12. The second-order valence-corrected chi connectivity index (χ2v) is 6.86. The number of hydrogen-bond donors (Lipinski definition) is 3. The van der Waals surface area contributed by atoms with Crippen molar-refractivity contribution < 1.29 is 46.1 Å². The van der Waals surface area contributed by atoms with Crippen molar-refractivity contribution in [3.8, 4) is 0 Å². The van der Waals surface area contributed by atoms with Crippen LogP contribution in [0.3, 0.4) is 0 Å². The average molecular weight is 405 g/mol. The zero-order valence-corrected chi connectivity index (χ0v) is 19.0. The van der Waals surface area contributed by atoms with E-state index in [4.69, 9.17) is 15.1 Å². The van der Waals surface area contributed by atoms with E-state index < -0.39 is 13.5 Å². The van der Waals surface area contributed by atoms with Crippen LogP contribution in [0.1, 0.15) is 1.43 Å². The zero-order chi connectivity index (χ0) is 20.5. The third kappa shape index (κ3) is 5.52. The van der Waals surface area contributed by atoms with Crippen molar-refractivity contribution >= 4 is 35.3 Å². The molecule has 0 aliphatic rings. The summed E-state index contributed by atoms with van der Waals surface area (Å²) in [6.07, 6.45) is -1.22. The summed E-state index contributed by atoms with van der Waals surface area (Å²) < 4.78 is 0. The Bertz CT molecular complexity index is 826. The summed E-state index contributed by atoms with van der Waals surface area (Å²) in [5.41, 5.74) is 5.36.